The van der Waals surface area contributed by atoms with E-state index in [2.05, 4.69) is 20.3 Å². The van der Waals surface area contributed by atoms with Crippen molar-refractivity contribution in [3.8, 4) is 11.6 Å². The number of nitrogen functional groups attached to an aromatic ring is 1. The van der Waals surface area contributed by atoms with Gasteiger partial charge in [0.05, 0.1) is 10.6 Å². The molecule has 3 N–H and O–H groups in total. The minimum Gasteiger partial charge on any atom is -0.437 e. The Hall–Kier alpha value is -3.07. The molecule has 0 saturated carbocycles. The van der Waals surface area contributed by atoms with Crippen LogP contribution in [-0.4, -0.2) is 15.0 Å². The highest BCUT2D eigenvalue weighted by atomic mass is 35.5. The van der Waals surface area contributed by atoms with Gasteiger partial charge in [0.2, 0.25) is 5.88 Å². The standard InChI is InChI=1S/C18H15ClF3N5O/c1-9-3-10(2)5-12(4-9)28-17-14(23)16(25-8-26-17)27-15-13(19)6-11(7-24-15)18(20,21)22/h3-8H,23H2,1-2H3,(H,24,25,26,27). The molecule has 0 atom stereocenters. The Morgan fingerprint density at radius 1 is 1.00 bits per heavy atom. The van der Waals surface area contributed by atoms with Gasteiger partial charge < -0.3 is 15.8 Å². The van der Waals surface area contributed by atoms with E-state index in [1.807, 2.05) is 32.0 Å². The average molecular weight is 410 g/mol. The molecule has 2 heterocycles. The summed E-state index contributed by atoms with van der Waals surface area (Å²) < 4.78 is 43.9. The molecule has 10 heteroatoms. The molecule has 0 bridgehead atoms. The lowest BCUT2D eigenvalue weighted by molar-refractivity contribution is -0.137. The maximum Gasteiger partial charge on any atom is 0.417 e. The number of nitrogens with two attached hydrogens (primary N) is 1. The number of aryl methyl sites for hydroxylation is 2. The number of ether oxygens (including phenoxy) is 1. The molecule has 0 amide bonds. The van der Waals surface area contributed by atoms with E-state index in [0.717, 1.165) is 17.2 Å². The van der Waals surface area contributed by atoms with E-state index in [9.17, 15) is 13.2 Å². The number of nitrogens with one attached hydrogen (secondary N) is 1. The Labute approximate surface area is 163 Å². The van der Waals surface area contributed by atoms with Gasteiger partial charge >= 0.3 is 6.18 Å². The van der Waals surface area contributed by atoms with Gasteiger partial charge in [0.1, 0.15) is 23.6 Å². The van der Waals surface area contributed by atoms with Crippen LogP contribution in [0.5, 0.6) is 11.6 Å². The average Bonchev–Trinajstić information content (AvgIpc) is 2.58. The van der Waals surface area contributed by atoms with Crippen molar-refractivity contribution in [2.24, 2.45) is 0 Å². The lowest BCUT2D eigenvalue weighted by Gasteiger charge is -2.13. The first-order valence-corrected chi connectivity index (χ1v) is 8.37. The molecule has 2 aromatic heterocycles. The molecule has 3 aromatic rings. The number of hydrogen-bond acceptors (Lipinski definition) is 6. The summed E-state index contributed by atoms with van der Waals surface area (Å²) in [6.07, 6.45) is -2.68. The van der Waals surface area contributed by atoms with Crippen molar-refractivity contribution >= 4 is 28.9 Å². The molecule has 0 radical (unpaired) electrons. The van der Waals surface area contributed by atoms with Gasteiger partial charge in [0.25, 0.3) is 0 Å². The summed E-state index contributed by atoms with van der Waals surface area (Å²) in [5.74, 6) is 0.700. The monoisotopic (exact) mass is 409 g/mol. The zero-order chi connectivity index (χ0) is 20.5. The summed E-state index contributed by atoms with van der Waals surface area (Å²) in [7, 11) is 0. The van der Waals surface area contributed by atoms with Crippen LogP contribution in [0, 0.1) is 13.8 Å². The second-order valence-electron chi connectivity index (χ2n) is 6.04. The number of alkyl halides is 3. The van der Waals surface area contributed by atoms with Crippen LogP contribution in [-0.2, 0) is 6.18 Å². The fourth-order valence-corrected chi connectivity index (χ4v) is 2.67. The summed E-state index contributed by atoms with van der Waals surface area (Å²) in [5, 5.41) is 2.47. The van der Waals surface area contributed by atoms with Gasteiger partial charge in [-0.1, -0.05) is 17.7 Å². The summed E-state index contributed by atoms with van der Waals surface area (Å²) in [6.45, 7) is 3.85. The fraction of sp³-hybridized carbons (Fsp3) is 0.167. The number of anilines is 3. The van der Waals surface area contributed by atoms with Crippen LogP contribution in [0.3, 0.4) is 0 Å². The van der Waals surface area contributed by atoms with E-state index in [0.29, 0.717) is 11.9 Å². The van der Waals surface area contributed by atoms with Crippen molar-refractivity contribution < 1.29 is 17.9 Å². The molecule has 0 spiro atoms. The van der Waals surface area contributed by atoms with Gasteiger partial charge in [0.15, 0.2) is 5.82 Å². The van der Waals surface area contributed by atoms with Gasteiger partial charge in [0, 0.05) is 6.20 Å². The molecule has 0 aliphatic rings. The van der Waals surface area contributed by atoms with Crippen LogP contribution < -0.4 is 15.8 Å². The number of rotatable bonds is 4. The number of benzene rings is 1. The molecule has 0 aliphatic carbocycles. The number of pyridine rings is 1. The Morgan fingerprint density at radius 2 is 1.68 bits per heavy atom. The van der Waals surface area contributed by atoms with Gasteiger partial charge in [-0.3, -0.25) is 0 Å². The van der Waals surface area contributed by atoms with E-state index in [-0.39, 0.29) is 28.2 Å². The first kappa shape index (κ1) is 19.7. The van der Waals surface area contributed by atoms with Crippen LogP contribution in [0.15, 0.2) is 36.8 Å². The van der Waals surface area contributed by atoms with Crippen molar-refractivity contribution in [2.45, 2.75) is 20.0 Å². The summed E-state index contributed by atoms with van der Waals surface area (Å²) >= 11 is 5.90. The van der Waals surface area contributed by atoms with Crippen molar-refractivity contribution in [2.75, 3.05) is 11.1 Å². The first-order valence-electron chi connectivity index (χ1n) is 8.00. The van der Waals surface area contributed by atoms with E-state index in [1.165, 1.54) is 6.33 Å². The summed E-state index contributed by atoms with van der Waals surface area (Å²) in [5.41, 5.74) is 7.14. The maximum absolute atomic E-state index is 12.7. The molecular weight excluding hydrogens is 395 g/mol. The van der Waals surface area contributed by atoms with Gasteiger partial charge in [-0.2, -0.15) is 18.2 Å². The van der Waals surface area contributed by atoms with Crippen molar-refractivity contribution in [3.63, 3.8) is 0 Å². The van der Waals surface area contributed by atoms with E-state index in [1.54, 1.807) is 0 Å². The summed E-state index contributed by atoms with van der Waals surface area (Å²) in [4.78, 5) is 11.7. The first-order chi connectivity index (χ1) is 13.1. The Balaban J connectivity index is 1.87. The second kappa shape index (κ2) is 7.51. The maximum atomic E-state index is 12.7. The van der Waals surface area contributed by atoms with Crippen molar-refractivity contribution in [1.29, 1.82) is 0 Å². The molecule has 0 unspecified atom stereocenters. The Kier molecular flexibility index (Phi) is 5.28. The van der Waals surface area contributed by atoms with Gasteiger partial charge in [-0.15, -0.1) is 0 Å². The molecule has 0 aliphatic heterocycles. The fourth-order valence-electron chi connectivity index (χ4n) is 2.46. The highest BCUT2D eigenvalue weighted by Gasteiger charge is 2.31. The highest BCUT2D eigenvalue weighted by molar-refractivity contribution is 6.33. The topological polar surface area (TPSA) is 86.0 Å². The molecule has 28 heavy (non-hydrogen) atoms. The molecule has 0 saturated heterocycles. The summed E-state index contributed by atoms with van der Waals surface area (Å²) in [6, 6.07) is 6.38. The van der Waals surface area contributed by atoms with E-state index >= 15 is 0 Å². The van der Waals surface area contributed by atoms with Crippen molar-refractivity contribution in [1.82, 2.24) is 15.0 Å². The predicted octanol–water partition coefficient (Wildman–Crippen LogP) is 5.28. The van der Waals surface area contributed by atoms with Crippen LogP contribution >= 0.6 is 11.6 Å². The highest BCUT2D eigenvalue weighted by Crippen LogP contribution is 2.35. The zero-order valence-electron chi connectivity index (χ0n) is 14.8. The van der Waals surface area contributed by atoms with E-state index < -0.39 is 11.7 Å². The molecule has 0 fully saturated rings. The number of nitrogens with zero attached hydrogens (tertiary/aromatic N) is 3. The smallest absolute Gasteiger partial charge is 0.417 e. The third kappa shape index (κ3) is 4.42. The Morgan fingerprint density at radius 3 is 2.29 bits per heavy atom. The van der Waals surface area contributed by atoms with Crippen LogP contribution in [0.1, 0.15) is 16.7 Å². The minimum absolute atomic E-state index is 0.0302. The SMILES string of the molecule is Cc1cc(C)cc(Oc2ncnc(Nc3ncc(C(F)(F)F)cc3Cl)c2N)c1. The largest absolute Gasteiger partial charge is 0.437 e. The van der Waals surface area contributed by atoms with E-state index in [4.69, 9.17) is 22.1 Å². The number of aromatic nitrogens is 3. The van der Waals surface area contributed by atoms with Gasteiger partial charge in [-0.05, 0) is 43.2 Å². The lowest BCUT2D eigenvalue weighted by atomic mass is 10.1. The van der Waals surface area contributed by atoms with Crippen LogP contribution in [0.25, 0.3) is 0 Å². The number of halogens is 4. The second-order valence-corrected chi connectivity index (χ2v) is 6.45. The lowest BCUT2D eigenvalue weighted by Crippen LogP contribution is -2.08. The molecule has 1 aromatic carbocycles. The van der Waals surface area contributed by atoms with Crippen LogP contribution in [0.4, 0.5) is 30.5 Å². The minimum atomic E-state index is -4.55. The Bertz CT molecular complexity index is 1010. The van der Waals surface area contributed by atoms with Crippen molar-refractivity contribution in [3.05, 3.63) is 58.5 Å². The van der Waals surface area contributed by atoms with Crippen LogP contribution in [0.2, 0.25) is 5.02 Å². The van der Waals surface area contributed by atoms with Gasteiger partial charge in [-0.25, -0.2) is 9.97 Å². The molecular formula is C18H15ClF3N5O. The molecule has 6 nitrogen and oxygen atoms in total. The normalized spacial score (nSPS) is 11.4. The molecule has 146 valence electrons. The number of hydrogen-bond donors (Lipinski definition) is 2. The molecule has 3 rings (SSSR count). The third-order valence-corrected chi connectivity index (χ3v) is 3.95. The third-order valence-electron chi connectivity index (χ3n) is 3.66. The zero-order valence-corrected chi connectivity index (χ0v) is 15.6. The quantitative estimate of drug-likeness (QED) is 0.609. The predicted molar refractivity (Wildman–Crippen MR) is 100.0 cm³/mol.